The van der Waals surface area contributed by atoms with E-state index < -0.39 is 33.5 Å². The average molecular weight is 475 g/mol. The number of rotatable bonds is 4. The van der Waals surface area contributed by atoms with Crippen LogP contribution in [0.4, 0.5) is 26.3 Å². The summed E-state index contributed by atoms with van der Waals surface area (Å²) in [5, 5.41) is 14.7. The van der Waals surface area contributed by atoms with Crippen LogP contribution >= 0.6 is 0 Å². The summed E-state index contributed by atoms with van der Waals surface area (Å²) in [5.41, 5.74) is -4.87. The summed E-state index contributed by atoms with van der Waals surface area (Å²) >= 11 is 0. The number of sulfonamides is 1. The highest BCUT2D eigenvalue weighted by molar-refractivity contribution is 7.89. The van der Waals surface area contributed by atoms with Crippen molar-refractivity contribution < 1.29 is 39.9 Å². The maximum Gasteiger partial charge on any atom is 0.430 e. The zero-order valence-electron chi connectivity index (χ0n) is 15.9. The van der Waals surface area contributed by atoms with Gasteiger partial charge in [0.25, 0.3) is 5.60 Å². The number of hydrogen-bond donors (Lipinski definition) is 2. The quantitative estimate of drug-likeness (QED) is 0.523. The lowest BCUT2D eigenvalue weighted by atomic mass is 9.89. The van der Waals surface area contributed by atoms with Crippen LogP contribution in [0.2, 0.25) is 0 Å². The first-order valence-corrected chi connectivity index (χ1v) is 10.4. The Morgan fingerprint density at radius 3 is 1.66 bits per heavy atom. The molecule has 0 saturated carbocycles. The number of alkyl halides is 6. The van der Waals surface area contributed by atoms with Gasteiger partial charge in [0.15, 0.2) is 0 Å². The minimum atomic E-state index is -5.99. The molecule has 0 unspecified atom stereocenters. The van der Waals surface area contributed by atoms with Gasteiger partial charge in [0.2, 0.25) is 10.0 Å². The molecule has 0 bridgehead atoms. The van der Waals surface area contributed by atoms with Gasteiger partial charge in [-0.15, -0.1) is 0 Å². The van der Waals surface area contributed by atoms with Crippen molar-refractivity contribution in [3.8, 4) is 22.3 Å². The van der Waals surface area contributed by atoms with Gasteiger partial charge in [-0.25, -0.2) is 13.6 Å². The molecular formula is C21H15F6NO3S. The third kappa shape index (κ3) is 4.23. The number of hydrogen-bond acceptors (Lipinski definition) is 3. The van der Waals surface area contributed by atoms with Gasteiger partial charge in [-0.1, -0.05) is 60.7 Å². The van der Waals surface area contributed by atoms with Crippen LogP contribution in [0.15, 0.2) is 77.7 Å². The summed E-state index contributed by atoms with van der Waals surface area (Å²) in [7, 11) is -4.00. The van der Waals surface area contributed by atoms with Crippen LogP contribution in [-0.2, 0) is 15.6 Å². The minimum Gasteiger partial charge on any atom is -0.369 e. The molecular weight excluding hydrogens is 460 g/mol. The normalized spacial score (nSPS) is 13.2. The summed E-state index contributed by atoms with van der Waals surface area (Å²) in [6.45, 7) is 0. The monoisotopic (exact) mass is 475 g/mol. The molecule has 0 atom stereocenters. The Balaban J connectivity index is 2.11. The largest absolute Gasteiger partial charge is 0.430 e. The van der Waals surface area contributed by atoms with Crippen molar-refractivity contribution in [1.82, 2.24) is 0 Å². The van der Waals surface area contributed by atoms with Gasteiger partial charge in [0.05, 0.1) is 4.90 Å². The second kappa shape index (κ2) is 7.91. The zero-order chi connectivity index (χ0) is 23.9. The van der Waals surface area contributed by atoms with Gasteiger partial charge in [0.1, 0.15) is 0 Å². The standard InChI is InChI=1S/C21H15F6NO3S/c22-20(23,24)19(29,21(25,26)27)15-10-8-13(9-11-15)17-6-1-2-7-18(17)14-4-3-5-16(12-14)32(28,30)31/h1-12,29H,(H2,28,30,31). The second-order valence-corrected chi connectivity index (χ2v) is 8.46. The average Bonchev–Trinajstić information content (AvgIpc) is 2.71. The SMILES string of the molecule is NS(=O)(=O)c1cccc(-c2ccccc2-c2ccc(C(O)(C(F)(F)F)C(F)(F)F)cc2)c1. The predicted octanol–water partition coefficient (Wildman–Crippen LogP) is 4.98. The molecule has 0 amide bonds. The summed E-state index contributed by atoms with van der Waals surface area (Å²) in [4.78, 5) is -0.166. The fourth-order valence-electron chi connectivity index (χ4n) is 3.21. The van der Waals surface area contributed by atoms with Gasteiger partial charge < -0.3 is 5.11 Å². The summed E-state index contributed by atoms with van der Waals surface area (Å²) < 4.78 is 102. The first-order valence-electron chi connectivity index (χ1n) is 8.85. The molecule has 0 aliphatic rings. The molecule has 0 radical (unpaired) electrons. The third-order valence-electron chi connectivity index (χ3n) is 4.83. The van der Waals surface area contributed by atoms with E-state index in [0.29, 0.717) is 28.8 Å². The molecule has 0 aliphatic carbocycles. The molecule has 0 aromatic heterocycles. The predicted molar refractivity (Wildman–Crippen MR) is 105 cm³/mol. The van der Waals surface area contributed by atoms with E-state index in [1.54, 1.807) is 30.3 Å². The van der Waals surface area contributed by atoms with Crippen molar-refractivity contribution >= 4 is 10.0 Å². The van der Waals surface area contributed by atoms with Crippen molar-refractivity contribution in [2.75, 3.05) is 0 Å². The van der Waals surface area contributed by atoms with E-state index in [1.165, 1.54) is 18.2 Å². The third-order valence-corrected chi connectivity index (χ3v) is 5.75. The topological polar surface area (TPSA) is 80.4 Å². The van der Waals surface area contributed by atoms with E-state index in [9.17, 15) is 39.9 Å². The molecule has 3 rings (SSSR count). The summed E-state index contributed by atoms with van der Waals surface area (Å²) in [6.07, 6.45) is -12.0. The van der Waals surface area contributed by atoms with Gasteiger partial charge >= 0.3 is 12.4 Å². The van der Waals surface area contributed by atoms with Gasteiger partial charge in [0, 0.05) is 5.56 Å². The molecule has 0 aliphatic heterocycles. The van der Waals surface area contributed by atoms with E-state index in [-0.39, 0.29) is 10.5 Å². The van der Waals surface area contributed by atoms with Crippen molar-refractivity contribution in [3.05, 3.63) is 78.4 Å². The summed E-state index contributed by atoms with van der Waals surface area (Å²) in [5.74, 6) is 0. The number of benzene rings is 3. The van der Waals surface area contributed by atoms with Crippen LogP contribution < -0.4 is 5.14 Å². The maximum atomic E-state index is 13.1. The Morgan fingerprint density at radius 1 is 0.688 bits per heavy atom. The molecule has 32 heavy (non-hydrogen) atoms. The van der Waals surface area contributed by atoms with E-state index in [2.05, 4.69) is 0 Å². The highest BCUT2D eigenvalue weighted by atomic mass is 32.2. The first-order chi connectivity index (χ1) is 14.7. The molecule has 3 N–H and O–H groups in total. The fraction of sp³-hybridized carbons (Fsp3) is 0.143. The Morgan fingerprint density at radius 2 is 1.19 bits per heavy atom. The van der Waals surface area contributed by atoms with E-state index in [0.717, 1.165) is 12.1 Å². The lowest BCUT2D eigenvalue weighted by Crippen LogP contribution is -2.53. The van der Waals surface area contributed by atoms with E-state index >= 15 is 0 Å². The van der Waals surface area contributed by atoms with Crippen LogP contribution in [-0.4, -0.2) is 25.9 Å². The van der Waals surface area contributed by atoms with Gasteiger partial charge in [-0.2, -0.15) is 26.3 Å². The Hall–Kier alpha value is -2.89. The van der Waals surface area contributed by atoms with Crippen molar-refractivity contribution in [1.29, 1.82) is 0 Å². The van der Waals surface area contributed by atoms with Gasteiger partial charge in [-0.3, -0.25) is 0 Å². The van der Waals surface area contributed by atoms with Crippen molar-refractivity contribution in [3.63, 3.8) is 0 Å². The Kier molecular flexibility index (Phi) is 5.87. The molecule has 3 aromatic carbocycles. The number of nitrogens with two attached hydrogens (primary N) is 1. The van der Waals surface area contributed by atoms with Crippen molar-refractivity contribution in [2.24, 2.45) is 5.14 Å². The van der Waals surface area contributed by atoms with Crippen molar-refractivity contribution in [2.45, 2.75) is 22.8 Å². The molecule has 170 valence electrons. The number of halogens is 6. The van der Waals surface area contributed by atoms with E-state index in [4.69, 9.17) is 5.14 Å². The molecule has 11 heteroatoms. The number of aliphatic hydroxyl groups is 1. The number of primary sulfonamides is 1. The lowest BCUT2D eigenvalue weighted by Gasteiger charge is -2.32. The highest BCUT2D eigenvalue weighted by Crippen LogP contribution is 2.50. The minimum absolute atomic E-state index is 0.166. The van der Waals surface area contributed by atoms with Crippen LogP contribution in [0, 0.1) is 0 Å². The zero-order valence-corrected chi connectivity index (χ0v) is 16.8. The lowest BCUT2D eigenvalue weighted by molar-refractivity contribution is -0.376. The Bertz CT molecular complexity index is 1220. The van der Waals surface area contributed by atoms with Gasteiger partial charge in [-0.05, 0) is 34.4 Å². The van der Waals surface area contributed by atoms with Crippen LogP contribution in [0.25, 0.3) is 22.3 Å². The fourth-order valence-corrected chi connectivity index (χ4v) is 3.77. The van der Waals surface area contributed by atoms with Crippen LogP contribution in [0.1, 0.15) is 5.56 Å². The molecule has 0 saturated heterocycles. The molecule has 0 fully saturated rings. The smallest absolute Gasteiger partial charge is 0.369 e. The first kappa shape index (κ1) is 23.8. The molecule has 0 heterocycles. The molecule has 0 spiro atoms. The summed E-state index contributed by atoms with van der Waals surface area (Å²) in [6, 6.07) is 15.1. The molecule has 4 nitrogen and oxygen atoms in total. The maximum absolute atomic E-state index is 13.1. The second-order valence-electron chi connectivity index (χ2n) is 6.90. The molecule has 3 aromatic rings. The highest BCUT2D eigenvalue weighted by Gasteiger charge is 2.71. The van der Waals surface area contributed by atoms with Crippen LogP contribution in [0.3, 0.4) is 0 Å². The Labute approximate surface area is 179 Å². The van der Waals surface area contributed by atoms with E-state index in [1.807, 2.05) is 0 Å². The van der Waals surface area contributed by atoms with Crippen LogP contribution in [0.5, 0.6) is 0 Å².